The van der Waals surface area contributed by atoms with Gasteiger partial charge in [-0.1, -0.05) is 41.5 Å². The van der Waals surface area contributed by atoms with Gasteiger partial charge in [0.25, 0.3) is 5.91 Å². The molecule has 1 amide bonds. The van der Waals surface area contributed by atoms with Crippen LogP contribution in [0.4, 0.5) is 20.3 Å². The first kappa shape index (κ1) is 32.8. The van der Waals surface area contributed by atoms with Gasteiger partial charge in [-0.25, -0.2) is 13.8 Å². The van der Waals surface area contributed by atoms with Crippen LogP contribution in [0.2, 0.25) is 0 Å². The van der Waals surface area contributed by atoms with Gasteiger partial charge in [0.2, 0.25) is 0 Å². The van der Waals surface area contributed by atoms with Crippen molar-refractivity contribution in [2.75, 3.05) is 49.6 Å². The van der Waals surface area contributed by atoms with Gasteiger partial charge in [0.1, 0.15) is 17.5 Å². The van der Waals surface area contributed by atoms with Crippen LogP contribution >= 0.6 is 0 Å². The number of carbonyl (C=O) groups excluding carboxylic acids is 1. The summed E-state index contributed by atoms with van der Waals surface area (Å²) < 4.78 is 33.0. The lowest BCUT2D eigenvalue weighted by Crippen LogP contribution is -2.36. The third-order valence-electron chi connectivity index (χ3n) is 5.94. The summed E-state index contributed by atoms with van der Waals surface area (Å²) in [4.78, 5) is 24.5. The topological polar surface area (TPSA) is 91.4 Å². The number of nitrogens with zero attached hydrogens (tertiary/aromatic N) is 3. The molecule has 1 aliphatic heterocycles. The van der Waals surface area contributed by atoms with Crippen molar-refractivity contribution in [2.24, 2.45) is 0 Å². The molecular formula is C30H44F2N6O2. The molecular weight excluding hydrogens is 514 g/mol. The lowest BCUT2D eigenvalue weighted by atomic mass is 10.0. The number of anilines is 2. The van der Waals surface area contributed by atoms with Gasteiger partial charge in [-0.2, -0.15) is 0 Å². The number of morpholine rings is 1. The fourth-order valence-corrected chi connectivity index (χ4v) is 4.14. The maximum atomic E-state index is 13.8. The van der Waals surface area contributed by atoms with Crippen LogP contribution in [0.25, 0.3) is 11.0 Å². The second kappa shape index (κ2) is 16.7. The average molecular weight is 559 g/mol. The van der Waals surface area contributed by atoms with Crippen LogP contribution in [-0.2, 0) is 4.74 Å². The van der Waals surface area contributed by atoms with E-state index >= 15 is 0 Å². The third kappa shape index (κ3) is 9.38. The Kier molecular flexibility index (Phi) is 13.7. The Morgan fingerprint density at radius 3 is 2.25 bits per heavy atom. The molecule has 1 aliphatic rings. The van der Waals surface area contributed by atoms with Crippen molar-refractivity contribution in [3.05, 3.63) is 59.3 Å². The molecule has 0 saturated carbocycles. The van der Waals surface area contributed by atoms with Crippen LogP contribution in [0.1, 0.15) is 70.4 Å². The zero-order chi connectivity index (χ0) is 29.7. The lowest BCUT2D eigenvalue weighted by molar-refractivity contribution is 0.0953. The number of hydrogen-bond donors (Lipinski definition) is 3. The fourth-order valence-electron chi connectivity index (χ4n) is 4.14. The minimum absolute atomic E-state index is 0.230. The van der Waals surface area contributed by atoms with Crippen LogP contribution in [0.15, 0.2) is 36.5 Å². The van der Waals surface area contributed by atoms with E-state index in [2.05, 4.69) is 25.8 Å². The van der Waals surface area contributed by atoms with Crippen molar-refractivity contribution in [3.63, 3.8) is 0 Å². The number of halogens is 2. The summed E-state index contributed by atoms with van der Waals surface area (Å²) in [5.74, 6) is -0.862. The molecule has 1 saturated heterocycles. The molecule has 4 rings (SSSR count). The van der Waals surface area contributed by atoms with Crippen molar-refractivity contribution in [3.8, 4) is 0 Å². The molecule has 8 nitrogen and oxygen atoms in total. The van der Waals surface area contributed by atoms with E-state index in [-0.39, 0.29) is 5.91 Å². The highest BCUT2D eigenvalue weighted by Crippen LogP contribution is 2.29. The van der Waals surface area contributed by atoms with Crippen LogP contribution in [-0.4, -0.2) is 61.3 Å². The number of fused-ring (bicyclic) bond motifs is 1. The minimum atomic E-state index is -0.674. The molecule has 40 heavy (non-hydrogen) atoms. The van der Waals surface area contributed by atoms with E-state index in [1.165, 1.54) is 12.1 Å². The van der Waals surface area contributed by atoms with E-state index in [9.17, 15) is 13.6 Å². The van der Waals surface area contributed by atoms with Gasteiger partial charge >= 0.3 is 0 Å². The average Bonchev–Trinajstić information content (AvgIpc) is 2.96. The summed E-state index contributed by atoms with van der Waals surface area (Å²) in [6, 6.07) is 6.66. The van der Waals surface area contributed by atoms with Gasteiger partial charge in [0, 0.05) is 55.1 Å². The second-order valence-corrected chi connectivity index (χ2v) is 9.15. The summed E-state index contributed by atoms with van der Waals surface area (Å²) in [6.45, 7) is 17.7. The Bertz CT molecular complexity index is 1200. The van der Waals surface area contributed by atoms with Crippen LogP contribution < -0.4 is 20.9 Å². The van der Waals surface area contributed by atoms with Gasteiger partial charge in [-0.3, -0.25) is 9.78 Å². The lowest BCUT2D eigenvalue weighted by Gasteiger charge is -2.28. The molecule has 220 valence electrons. The Morgan fingerprint density at radius 1 is 0.975 bits per heavy atom. The predicted octanol–water partition coefficient (Wildman–Crippen LogP) is 5.70. The van der Waals surface area contributed by atoms with Crippen molar-refractivity contribution in [1.82, 2.24) is 20.6 Å². The van der Waals surface area contributed by atoms with E-state index in [0.29, 0.717) is 79.1 Å². The summed E-state index contributed by atoms with van der Waals surface area (Å²) in [5.41, 5.74) is 2.61. The predicted molar refractivity (Wildman–Crippen MR) is 159 cm³/mol. The van der Waals surface area contributed by atoms with E-state index < -0.39 is 17.7 Å². The van der Waals surface area contributed by atoms with Gasteiger partial charge in [0.05, 0.1) is 36.5 Å². The summed E-state index contributed by atoms with van der Waals surface area (Å²) >= 11 is 0. The van der Waals surface area contributed by atoms with E-state index in [1.807, 2.05) is 48.5 Å². The number of benzene rings is 2. The molecule has 3 N–H and O–H groups in total. The van der Waals surface area contributed by atoms with Crippen molar-refractivity contribution >= 4 is 28.4 Å². The number of rotatable bonds is 9. The Labute approximate surface area is 236 Å². The van der Waals surface area contributed by atoms with Gasteiger partial charge in [-0.15, -0.1) is 0 Å². The molecule has 3 aromatic rings. The molecule has 0 radical (unpaired) electrons. The largest absolute Gasteiger partial charge is 0.378 e. The highest BCUT2D eigenvalue weighted by Gasteiger charge is 2.20. The first-order valence-corrected chi connectivity index (χ1v) is 14.2. The molecule has 2 heterocycles. The highest BCUT2D eigenvalue weighted by molar-refractivity contribution is 5.98. The number of hydrogen-bond acceptors (Lipinski definition) is 7. The number of ether oxygens (including phenoxy) is 1. The van der Waals surface area contributed by atoms with Crippen LogP contribution in [0, 0.1) is 11.6 Å². The number of aromatic nitrogens is 2. The molecule has 1 atom stereocenters. The van der Waals surface area contributed by atoms with Crippen LogP contribution in [0.3, 0.4) is 0 Å². The zero-order valence-corrected chi connectivity index (χ0v) is 24.8. The Balaban J connectivity index is 0.00000134. The molecule has 2 aromatic carbocycles. The first-order valence-electron chi connectivity index (χ1n) is 14.2. The quantitative estimate of drug-likeness (QED) is 0.290. The Morgan fingerprint density at radius 2 is 1.62 bits per heavy atom. The van der Waals surface area contributed by atoms with Gasteiger partial charge < -0.3 is 25.6 Å². The molecule has 1 aromatic heterocycles. The first-order chi connectivity index (χ1) is 19.3. The smallest absolute Gasteiger partial charge is 0.251 e. The maximum Gasteiger partial charge on any atom is 0.251 e. The third-order valence-corrected chi connectivity index (χ3v) is 5.94. The van der Waals surface area contributed by atoms with Gasteiger partial charge in [0.15, 0.2) is 0 Å². The van der Waals surface area contributed by atoms with Gasteiger partial charge in [-0.05, 0) is 31.2 Å². The minimum Gasteiger partial charge on any atom is -0.378 e. The summed E-state index contributed by atoms with van der Waals surface area (Å²) in [7, 11) is 0. The van der Waals surface area contributed by atoms with E-state index in [1.54, 1.807) is 18.3 Å². The molecule has 0 spiro atoms. The Hall–Kier alpha value is -3.37. The summed E-state index contributed by atoms with van der Waals surface area (Å²) in [6.07, 6.45) is 1.70. The molecule has 1 fully saturated rings. The number of amides is 1. The SMILES string of the molecule is CC.CC.CC(C)NCCNC(=O)c1cc(C(C)Nc2cc(F)cc(F)c2)c2nc(N3CCOCC3)cnc2c1. The molecule has 0 bridgehead atoms. The molecule has 1 unspecified atom stereocenters. The number of carbonyl (C=O) groups is 1. The second-order valence-electron chi connectivity index (χ2n) is 9.15. The standard InChI is InChI=1S/C26H32F2N6O2.2C2H6/c1-16(2)29-4-5-30-26(35)18-10-22(17(3)32-21-13-19(27)12-20(28)14-21)25-23(11-18)31-15-24(33-25)34-6-8-36-9-7-34;2*1-2/h10-17,29,32H,4-9H2,1-3H3,(H,30,35);2*1-2H3. The maximum absolute atomic E-state index is 13.8. The van der Waals surface area contributed by atoms with E-state index in [0.717, 1.165) is 6.07 Å². The number of nitrogens with one attached hydrogen (secondary N) is 3. The molecule has 0 aliphatic carbocycles. The molecule has 10 heteroatoms. The highest BCUT2D eigenvalue weighted by atomic mass is 19.1. The van der Waals surface area contributed by atoms with E-state index in [4.69, 9.17) is 9.72 Å². The fraction of sp³-hybridized carbons (Fsp3) is 0.500. The normalized spacial score (nSPS) is 13.6. The zero-order valence-electron chi connectivity index (χ0n) is 24.8. The van der Waals surface area contributed by atoms with Crippen LogP contribution in [0.5, 0.6) is 0 Å². The monoisotopic (exact) mass is 558 g/mol. The summed E-state index contributed by atoms with van der Waals surface area (Å²) in [5, 5.41) is 9.32. The van der Waals surface area contributed by atoms with Crippen molar-refractivity contribution in [1.29, 1.82) is 0 Å². The van der Waals surface area contributed by atoms with Crippen molar-refractivity contribution < 1.29 is 18.3 Å². The van der Waals surface area contributed by atoms with Crippen molar-refractivity contribution in [2.45, 2.75) is 60.5 Å².